The molecule has 8 heteroatoms. The fraction of sp³-hybridized carbons (Fsp3) is 0.636. The van der Waals surface area contributed by atoms with Gasteiger partial charge < -0.3 is 5.11 Å². The first-order chi connectivity index (χ1) is 8.78. The molecule has 0 radical (unpaired) electrons. The number of aliphatic carboxylic acids is 1. The number of nitrogens with zero attached hydrogens (tertiary/aromatic N) is 2. The van der Waals surface area contributed by atoms with Crippen LogP contribution in [0.3, 0.4) is 0 Å². The highest BCUT2D eigenvalue weighted by Gasteiger charge is 2.64. The number of carboxylic acid groups (broad SMARTS) is 1. The average Bonchev–Trinajstić information content (AvgIpc) is 2.97. The van der Waals surface area contributed by atoms with Crippen LogP contribution in [0.2, 0.25) is 0 Å². The number of aromatic nitrogens is 1. The highest BCUT2D eigenvalue weighted by molar-refractivity contribution is 7.09. The standard InChI is InChI=1S/C11H13F3N2O2S/c1-7(8-15-3-5-19-8)16-4-2-10(6-16,9(17)18)11(12,13)14/h3,5,7H,2,4,6H2,1H3,(H,17,18). The quantitative estimate of drug-likeness (QED) is 0.931. The summed E-state index contributed by atoms with van der Waals surface area (Å²) >= 11 is 1.35. The molecule has 4 nitrogen and oxygen atoms in total. The van der Waals surface area contributed by atoms with Crippen molar-refractivity contribution in [3.63, 3.8) is 0 Å². The third kappa shape index (κ3) is 2.34. The predicted octanol–water partition coefficient (Wildman–Crippen LogP) is 2.54. The number of carbonyl (C=O) groups is 1. The lowest BCUT2D eigenvalue weighted by atomic mass is 9.86. The van der Waals surface area contributed by atoms with Gasteiger partial charge in [0, 0.05) is 24.7 Å². The molecule has 0 bridgehead atoms. The summed E-state index contributed by atoms with van der Waals surface area (Å²) in [6.07, 6.45) is -3.57. The molecule has 1 aliphatic heterocycles. The van der Waals surface area contributed by atoms with Gasteiger partial charge in [0.05, 0.1) is 6.04 Å². The van der Waals surface area contributed by atoms with Gasteiger partial charge in [-0.25, -0.2) is 4.98 Å². The van der Waals surface area contributed by atoms with E-state index in [0.717, 1.165) is 0 Å². The largest absolute Gasteiger partial charge is 0.481 e. The lowest BCUT2D eigenvalue weighted by Gasteiger charge is -2.29. The van der Waals surface area contributed by atoms with Crippen LogP contribution < -0.4 is 0 Å². The van der Waals surface area contributed by atoms with Gasteiger partial charge in [-0.1, -0.05) is 0 Å². The highest BCUT2D eigenvalue weighted by atomic mass is 32.1. The normalized spacial score (nSPS) is 26.5. The predicted molar refractivity (Wildman–Crippen MR) is 62.8 cm³/mol. The third-order valence-corrected chi connectivity index (χ3v) is 4.55. The fourth-order valence-electron chi connectivity index (χ4n) is 2.29. The summed E-state index contributed by atoms with van der Waals surface area (Å²) in [5, 5.41) is 11.4. The summed E-state index contributed by atoms with van der Waals surface area (Å²) in [6.45, 7) is 1.33. The number of halogens is 3. The van der Waals surface area contributed by atoms with Gasteiger partial charge in [-0.15, -0.1) is 11.3 Å². The lowest BCUT2D eigenvalue weighted by molar-refractivity contribution is -0.227. The van der Waals surface area contributed by atoms with Crippen molar-refractivity contribution in [3.05, 3.63) is 16.6 Å². The molecule has 0 aliphatic carbocycles. The zero-order chi connectivity index (χ0) is 14.3. The van der Waals surface area contributed by atoms with Gasteiger partial charge in [0.2, 0.25) is 0 Å². The second kappa shape index (κ2) is 4.75. The molecule has 0 spiro atoms. The zero-order valence-corrected chi connectivity index (χ0v) is 11.0. The lowest BCUT2D eigenvalue weighted by Crippen LogP contribution is -2.47. The summed E-state index contributed by atoms with van der Waals surface area (Å²) in [5.41, 5.74) is -2.65. The SMILES string of the molecule is CC(c1nccs1)N1CCC(C(=O)O)(C(F)(F)F)C1. The molecule has 1 fully saturated rings. The van der Waals surface area contributed by atoms with E-state index in [9.17, 15) is 18.0 Å². The molecule has 1 N–H and O–H groups in total. The number of hydrogen-bond donors (Lipinski definition) is 1. The topological polar surface area (TPSA) is 53.4 Å². The van der Waals surface area contributed by atoms with Gasteiger partial charge in [0.25, 0.3) is 0 Å². The van der Waals surface area contributed by atoms with Crippen LogP contribution >= 0.6 is 11.3 Å². The van der Waals surface area contributed by atoms with Crippen LogP contribution in [0.25, 0.3) is 0 Å². The average molecular weight is 294 g/mol. The van der Waals surface area contributed by atoms with E-state index in [0.29, 0.717) is 5.01 Å². The number of rotatable bonds is 3. The first-order valence-corrected chi connectivity index (χ1v) is 6.59. The van der Waals surface area contributed by atoms with Crippen LogP contribution in [0.5, 0.6) is 0 Å². The number of thiazole rings is 1. The summed E-state index contributed by atoms with van der Waals surface area (Å²) in [5.74, 6) is -1.80. The molecule has 2 unspecified atom stereocenters. The molecular weight excluding hydrogens is 281 g/mol. The molecule has 19 heavy (non-hydrogen) atoms. The number of hydrogen-bond acceptors (Lipinski definition) is 4. The van der Waals surface area contributed by atoms with E-state index in [1.165, 1.54) is 16.2 Å². The Hall–Kier alpha value is -1.15. The van der Waals surface area contributed by atoms with Crippen molar-refractivity contribution < 1.29 is 23.1 Å². The van der Waals surface area contributed by atoms with Gasteiger partial charge in [0.15, 0.2) is 5.41 Å². The molecule has 0 aromatic carbocycles. The Morgan fingerprint density at radius 3 is 2.74 bits per heavy atom. The maximum absolute atomic E-state index is 13.0. The smallest absolute Gasteiger partial charge is 0.406 e. The molecule has 2 atom stereocenters. The van der Waals surface area contributed by atoms with E-state index in [1.807, 2.05) is 0 Å². The zero-order valence-electron chi connectivity index (χ0n) is 10.1. The molecule has 0 saturated carbocycles. The van der Waals surface area contributed by atoms with Gasteiger partial charge in [0.1, 0.15) is 5.01 Å². The molecule has 2 rings (SSSR count). The second-order valence-corrected chi connectivity index (χ2v) is 5.58. The number of carboxylic acids is 1. The van der Waals surface area contributed by atoms with E-state index < -0.39 is 30.5 Å². The summed E-state index contributed by atoms with van der Waals surface area (Å²) in [6, 6.07) is -0.302. The minimum Gasteiger partial charge on any atom is -0.481 e. The van der Waals surface area contributed by atoms with Crippen molar-refractivity contribution >= 4 is 17.3 Å². The van der Waals surface area contributed by atoms with Crippen LogP contribution in [-0.2, 0) is 4.79 Å². The van der Waals surface area contributed by atoms with Crippen LogP contribution in [0, 0.1) is 5.41 Å². The Kier molecular flexibility index (Phi) is 3.57. The first-order valence-electron chi connectivity index (χ1n) is 5.71. The third-order valence-electron chi connectivity index (χ3n) is 3.61. The molecule has 2 heterocycles. The van der Waals surface area contributed by atoms with E-state index in [1.54, 1.807) is 18.5 Å². The maximum atomic E-state index is 13.0. The van der Waals surface area contributed by atoms with Crippen molar-refractivity contribution in [2.75, 3.05) is 13.1 Å². The number of likely N-dealkylation sites (tertiary alicyclic amines) is 1. The van der Waals surface area contributed by atoms with Crippen LogP contribution in [-0.4, -0.2) is 40.2 Å². The molecular formula is C11H13F3N2O2S. The Morgan fingerprint density at radius 1 is 1.63 bits per heavy atom. The monoisotopic (exact) mass is 294 g/mol. The van der Waals surface area contributed by atoms with Crippen LogP contribution in [0.4, 0.5) is 13.2 Å². The van der Waals surface area contributed by atoms with E-state index in [-0.39, 0.29) is 12.6 Å². The minimum absolute atomic E-state index is 0.104. The van der Waals surface area contributed by atoms with Crippen molar-refractivity contribution in [3.8, 4) is 0 Å². The van der Waals surface area contributed by atoms with Gasteiger partial charge in [-0.2, -0.15) is 13.2 Å². The van der Waals surface area contributed by atoms with Crippen molar-refractivity contribution in [2.24, 2.45) is 5.41 Å². The van der Waals surface area contributed by atoms with Gasteiger partial charge in [-0.05, 0) is 13.3 Å². The van der Waals surface area contributed by atoms with Crippen molar-refractivity contribution in [1.82, 2.24) is 9.88 Å². The Balaban J connectivity index is 2.20. The van der Waals surface area contributed by atoms with Crippen molar-refractivity contribution in [2.45, 2.75) is 25.6 Å². The van der Waals surface area contributed by atoms with E-state index >= 15 is 0 Å². The van der Waals surface area contributed by atoms with Gasteiger partial charge in [-0.3, -0.25) is 9.69 Å². The summed E-state index contributed by atoms with van der Waals surface area (Å²) in [4.78, 5) is 16.7. The fourth-order valence-corrected chi connectivity index (χ4v) is 3.02. The highest BCUT2D eigenvalue weighted by Crippen LogP contribution is 2.47. The molecule has 0 amide bonds. The molecule has 1 aliphatic rings. The van der Waals surface area contributed by atoms with Crippen molar-refractivity contribution in [1.29, 1.82) is 0 Å². The van der Waals surface area contributed by atoms with Gasteiger partial charge >= 0.3 is 12.1 Å². The Bertz CT molecular complexity index is 463. The molecule has 1 saturated heterocycles. The molecule has 1 aromatic rings. The summed E-state index contributed by atoms with van der Waals surface area (Å²) < 4.78 is 39.1. The first kappa shape index (κ1) is 14.3. The minimum atomic E-state index is -4.74. The molecule has 106 valence electrons. The Morgan fingerprint density at radius 2 is 2.32 bits per heavy atom. The Labute approximate surface area is 111 Å². The summed E-state index contributed by atoms with van der Waals surface area (Å²) in [7, 11) is 0. The molecule has 1 aromatic heterocycles. The second-order valence-electron chi connectivity index (χ2n) is 4.65. The number of alkyl halides is 3. The van der Waals surface area contributed by atoms with Crippen LogP contribution in [0.1, 0.15) is 24.4 Å². The van der Waals surface area contributed by atoms with E-state index in [2.05, 4.69) is 4.98 Å². The maximum Gasteiger partial charge on any atom is 0.406 e. The van der Waals surface area contributed by atoms with Crippen LogP contribution in [0.15, 0.2) is 11.6 Å². The van der Waals surface area contributed by atoms with E-state index in [4.69, 9.17) is 5.11 Å².